The summed E-state index contributed by atoms with van der Waals surface area (Å²) in [4.78, 5) is 15.8. The van der Waals surface area contributed by atoms with E-state index < -0.39 is 6.10 Å². The maximum absolute atomic E-state index is 11.9. The van der Waals surface area contributed by atoms with Gasteiger partial charge in [0.25, 0.3) is 5.89 Å². The lowest BCUT2D eigenvalue weighted by Crippen LogP contribution is -2.56. The van der Waals surface area contributed by atoms with Gasteiger partial charge in [0.2, 0.25) is 0 Å². The van der Waals surface area contributed by atoms with Crippen molar-refractivity contribution in [2.75, 3.05) is 0 Å². The second-order valence-corrected chi connectivity index (χ2v) is 4.64. The van der Waals surface area contributed by atoms with Gasteiger partial charge in [0.1, 0.15) is 5.76 Å². The molecule has 0 radical (unpaired) electrons. The first-order valence-electron chi connectivity index (χ1n) is 6.05. The van der Waals surface area contributed by atoms with Gasteiger partial charge in [0.15, 0.2) is 0 Å². The first-order valence-corrected chi connectivity index (χ1v) is 6.05. The highest BCUT2D eigenvalue weighted by Gasteiger charge is 2.43. The monoisotopic (exact) mass is 262 g/mol. The summed E-state index contributed by atoms with van der Waals surface area (Å²) in [7, 11) is 0. The molecular formula is C12H14N4O3. The highest BCUT2D eigenvalue weighted by molar-refractivity contribution is 5.89. The Hall–Kier alpha value is -2.15. The van der Waals surface area contributed by atoms with Crippen molar-refractivity contribution in [3.05, 3.63) is 36.3 Å². The van der Waals surface area contributed by atoms with Crippen LogP contribution in [-0.4, -0.2) is 37.9 Å². The molecule has 0 aliphatic heterocycles. The third-order valence-corrected chi connectivity index (χ3v) is 3.26. The zero-order chi connectivity index (χ0) is 13.4. The molecule has 100 valence electrons. The van der Waals surface area contributed by atoms with Gasteiger partial charge in [-0.2, -0.15) is 5.10 Å². The SMILES string of the molecule is Cc1cnc(C(=O)N[C@H]2C[C@@H](O)[C@@H]2n2cccn2)o1. The molecule has 0 saturated heterocycles. The third-order valence-electron chi connectivity index (χ3n) is 3.26. The van der Waals surface area contributed by atoms with Crippen LogP contribution in [0.5, 0.6) is 0 Å². The summed E-state index contributed by atoms with van der Waals surface area (Å²) in [6.45, 7) is 1.73. The van der Waals surface area contributed by atoms with Crippen molar-refractivity contribution in [1.82, 2.24) is 20.1 Å². The van der Waals surface area contributed by atoms with Crippen LogP contribution in [0.2, 0.25) is 0 Å². The van der Waals surface area contributed by atoms with E-state index in [1.165, 1.54) is 6.20 Å². The second kappa shape index (κ2) is 4.51. The Labute approximate surface area is 109 Å². The Morgan fingerprint density at radius 2 is 2.47 bits per heavy atom. The molecule has 2 heterocycles. The van der Waals surface area contributed by atoms with Crippen molar-refractivity contribution in [3.63, 3.8) is 0 Å². The Morgan fingerprint density at radius 1 is 1.63 bits per heavy atom. The van der Waals surface area contributed by atoms with Crippen LogP contribution in [0, 0.1) is 6.92 Å². The van der Waals surface area contributed by atoms with E-state index >= 15 is 0 Å². The smallest absolute Gasteiger partial charge is 0.307 e. The van der Waals surface area contributed by atoms with Crippen LogP contribution >= 0.6 is 0 Å². The number of aromatic nitrogens is 3. The molecule has 19 heavy (non-hydrogen) atoms. The minimum Gasteiger partial charge on any atom is -0.438 e. The molecule has 3 atom stereocenters. The van der Waals surface area contributed by atoms with Crippen LogP contribution in [0.3, 0.4) is 0 Å². The molecule has 0 unspecified atom stereocenters. The summed E-state index contributed by atoms with van der Waals surface area (Å²) in [5.41, 5.74) is 0. The van der Waals surface area contributed by atoms with Crippen LogP contribution in [-0.2, 0) is 0 Å². The van der Waals surface area contributed by atoms with E-state index in [2.05, 4.69) is 15.4 Å². The normalized spacial score (nSPS) is 25.9. The molecule has 2 aromatic rings. The average Bonchev–Trinajstić information content (AvgIpc) is 2.99. The number of aliphatic hydroxyl groups excluding tert-OH is 1. The summed E-state index contributed by atoms with van der Waals surface area (Å²) in [6.07, 6.45) is 4.89. The topological polar surface area (TPSA) is 93.2 Å². The minimum absolute atomic E-state index is 0.0399. The fraction of sp³-hybridized carbons (Fsp3) is 0.417. The third kappa shape index (κ3) is 2.12. The van der Waals surface area contributed by atoms with Crippen molar-refractivity contribution in [3.8, 4) is 0 Å². The van der Waals surface area contributed by atoms with E-state index in [9.17, 15) is 9.90 Å². The summed E-state index contributed by atoms with van der Waals surface area (Å²) >= 11 is 0. The largest absolute Gasteiger partial charge is 0.438 e. The molecular weight excluding hydrogens is 248 g/mol. The van der Waals surface area contributed by atoms with Gasteiger partial charge in [-0.1, -0.05) is 0 Å². The number of hydrogen-bond acceptors (Lipinski definition) is 5. The summed E-state index contributed by atoms with van der Waals surface area (Å²) in [6, 6.07) is 1.37. The predicted molar refractivity (Wildman–Crippen MR) is 64.4 cm³/mol. The first-order chi connectivity index (χ1) is 9.15. The summed E-state index contributed by atoms with van der Waals surface area (Å²) < 4.78 is 6.81. The van der Waals surface area contributed by atoms with Crippen LogP contribution < -0.4 is 5.32 Å². The lowest BCUT2D eigenvalue weighted by molar-refractivity contribution is -0.00635. The number of hydrogen-bond donors (Lipinski definition) is 2. The van der Waals surface area contributed by atoms with Crippen LogP contribution in [0.4, 0.5) is 0 Å². The maximum Gasteiger partial charge on any atom is 0.307 e. The van der Waals surface area contributed by atoms with Gasteiger partial charge in [-0.05, 0) is 19.4 Å². The number of aliphatic hydroxyl groups is 1. The van der Waals surface area contributed by atoms with E-state index in [-0.39, 0.29) is 23.9 Å². The Morgan fingerprint density at radius 3 is 3.05 bits per heavy atom. The number of oxazole rings is 1. The van der Waals surface area contributed by atoms with Crippen LogP contribution in [0.1, 0.15) is 28.9 Å². The first kappa shape index (κ1) is 11.9. The molecule has 7 nitrogen and oxygen atoms in total. The van der Waals surface area contributed by atoms with Gasteiger partial charge in [-0.15, -0.1) is 0 Å². The fourth-order valence-electron chi connectivity index (χ4n) is 2.26. The van der Waals surface area contributed by atoms with Gasteiger partial charge in [0.05, 0.1) is 24.4 Å². The molecule has 1 saturated carbocycles. The number of aryl methyl sites for hydroxylation is 1. The summed E-state index contributed by atoms with van der Waals surface area (Å²) in [5.74, 6) is 0.252. The second-order valence-electron chi connectivity index (χ2n) is 4.64. The van der Waals surface area contributed by atoms with Gasteiger partial charge in [0, 0.05) is 12.4 Å². The van der Waals surface area contributed by atoms with Crippen molar-refractivity contribution >= 4 is 5.91 Å². The Bertz CT molecular complexity index is 578. The molecule has 0 spiro atoms. The predicted octanol–water partition coefficient (Wildman–Crippen LogP) is 0.284. The van der Waals surface area contributed by atoms with Gasteiger partial charge < -0.3 is 14.8 Å². The van der Waals surface area contributed by atoms with Gasteiger partial charge in [-0.3, -0.25) is 9.48 Å². The molecule has 2 N–H and O–H groups in total. The minimum atomic E-state index is -0.503. The number of amides is 1. The molecule has 0 aromatic carbocycles. The lowest BCUT2D eigenvalue weighted by Gasteiger charge is -2.41. The quantitative estimate of drug-likeness (QED) is 0.829. The molecule has 1 aliphatic rings. The summed E-state index contributed by atoms with van der Waals surface area (Å²) in [5, 5.41) is 16.7. The lowest BCUT2D eigenvalue weighted by atomic mass is 9.83. The van der Waals surface area contributed by atoms with Gasteiger partial charge in [-0.25, -0.2) is 4.98 Å². The molecule has 1 aliphatic carbocycles. The molecule has 0 bridgehead atoms. The molecule has 3 rings (SSSR count). The Balaban J connectivity index is 1.69. The van der Waals surface area contributed by atoms with E-state index in [4.69, 9.17) is 4.42 Å². The fourth-order valence-corrected chi connectivity index (χ4v) is 2.26. The van der Waals surface area contributed by atoms with Crippen molar-refractivity contribution in [1.29, 1.82) is 0 Å². The standard InChI is InChI=1S/C12H14N4O3/c1-7-6-13-12(19-7)11(18)15-8-5-9(17)10(8)16-4-2-3-14-16/h2-4,6,8-10,17H,5H2,1H3,(H,15,18)/t8-,9+,10+/m0/s1. The molecule has 2 aromatic heterocycles. The zero-order valence-electron chi connectivity index (χ0n) is 10.4. The molecule has 1 amide bonds. The average molecular weight is 262 g/mol. The highest BCUT2D eigenvalue weighted by atomic mass is 16.4. The molecule has 1 fully saturated rings. The van der Waals surface area contributed by atoms with Crippen LogP contribution in [0.25, 0.3) is 0 Å². The number of carbonyl (C=O) groups is 1. The van der Waals surface area contributed by atoms with Crippen molar-refractivity contribution < 1.29 is 14.3 Å². The number of rotatable bonds is 3. The highest BCUT2D eigenvalue weighted by Crippen LogP contribution is 2.32. The Kier molecular flexibility index (Phi) is 2.83. The van der Waals surface area contributed by atoms with Gasteiger partial charge >= 0.3 is 5.91 Å². The van der Waals surface area contributed by atoms with E-state index in [1.807, 2.05) is 0 Å². The van der Waals surface area contributed by atoms with Crippen LogP contribution in [0.15, 0.2) is 29.1 Å². The maximum atomic E-state index is 11.9. The van der Waals surface area contributed by atoms with Crippen molar-refractivity contribution in [2.24, 2.45) is 0 Å². The number of carbonyl (C=O) groups excluding carboxylic acids is 1. The van der Waals surface area contributed by atoms with Crippen molar-refractivity contribution in [2.45, 2.75) is 31.5 Å². The number of nitrogens with one attached hydrogen (secondary N) is 1. The van der Waals surface area contributed by atoms with E-state index in [1.54, 1.807) is 30.1 Å². The number of nitrogens with zero attached hydrogens (tertiary/aromatic N) is 3. The van der Waals surface area contributed by atoms with E-state index in [0.29, 0.717) is 12.2 Å². The molecule has 7 heteroatoms. The zero-order valence-corrected chi connectivity index (χ0v) is 10.4. The van der Waals surface area contributed by atoms with E-state index in [0.717, 1.165) is 0 Å².